The summed E-state index contributed by atoms with van der Waals surface area (Å²) in [5.41, 5.74) is 0.406. The Morgan fingerprint density at radius 2 is 2.12 bits per heavy atom. The van der Waals surface area contributed by atoms with Crippen molar-refractivity contribution in [1.82, 2.24) is 0 Å². The predicted octanol–water partition coefficient (Wildman–Crippen LogP) is 2.44. The van der Waals surface area contributed by atoms with E-state index in [0.29, 0.717) is 23.8 Å². The number of hydrogen-bond acceptors (Lipinski definition) is 4. The first-order valence-electron chi connectivity index (χ1n) is 5.11. The van der Waals surface area contributed by atoms with Crippen LogP contribution in [0.2, 0.25) is 0 Å². The van der Waals surface area contributed by atoms with Crippen LogP contribution in [0.25, 0.3) is 0 Å². The fraction of sp³-hybridized carbons (Fsp3) is 0.417. The lowest BCUT2D eigenvalue weighted by Crippen LogP contribution is -2.09. The molecule has 88 valence electrons. The van der Waals surface area contributed by atoms with E-state index in [1.807, 2.05) is 13.8 Å². The lowest BCUT2D eigenvalue weighted by atomic mass is 10.2. The Morgan fingerprint density at radius 1 is 1.38 bits per heavy atom. The van der Waals surface area contributed by atoms with Crippen molar-refractivity contribution in [3.63, 3.8) is 0 Å². The van der Waals surface area contributed by atoms with E-state index in [2.05, 4.69) is 4.89 Å². The third kappa shape index (κ3) is 3.90. The van der Waals surface area contributed by atoms with Crippen molar-refractivity contribution in [2.45, 2.75) is 13.8 Å². The Labute approximate surface area is 95.1 Å². The molecule has 0 bridgehead atoms. The zero-order valence-corrected chi connectivity index (χ0v) is 9.73. The van der Waals surface area contributed by atoms with Crippen LogP contribution in [0.15, 0.2) is 24.3 Å². The van der Waals surface area contributed by atoms with Crippen molar-refractivity contribution in [1.29, 1.82) is 0 Å². The molecule has 0 aliphatic carbocycles. The summed E-state index contributed by atoms with van der Waals surface area (Å²) in [6.07, 6.45) is 0. The lowest BCUT2D eigenvalue weighted by molar-refractivity contribution is -0.246. The van der Waals surface area contributed by atoms with Crippen LogP contribution in [0.4, 0.5) is 0 Å². The molecule has 1 aromatic carbocycles. The van der Waals surface area contributed by atoms with E-state index < -0.39 is 5.97 Å². The van der Waals surface area contributed by atoms with Gasteiger partial charge in [0.2, 0.25) is 0 Å². The van der Waals surface area contributed by atoms with Crippen molar-refractivity contribution in [2.75, 3.05) is 13.7 Å². The Bertz CT molecular complexity index is 347. The van der Waals surface area contributed by atoms with E-state index >= 15 is 0 Å². The first-order chi connectivity index (χ1) is 7.63. The molecule has 0 aliphatic heterocycles. The summed E-state index contributed by atoms with van der Waals surface area (Å²) >= 11 is 0. The highest BCUT2D eigenvalue weighted by Crippen LogP contribution is 2.13. The quantitative estimate of drug-likeness (QED) is 0.569. The first kappa shape index (κ1) is 12.5. The largest absolute Gasteiger partial charge is 0.497 e. The normalized spacial score (nSPS) is 10.2. The maximum atomic E-state index is 11.5. The van der Waals surface area contributed by atoms with Crippen LogP contribution >= 0.6 is 0 Å². The van der Waals surface area contributed by atoms with Crippen molar-refractivity contribution in [3.05, 3.63) is 29.8 Å². The van der Waals surface area contributed by atoms with E-state index in [9.17, 15) is 4.79 Å². The van der Waals surface area contributed by atoms with E-state index in [4.69, 9.17) is 9.62 Å². The smallest absolute Gasteiger partial charge is 0.373 e. The molecule has 0 saturated carbocycles. The summed E-state index contributed by atoms with van der Waals surface area (Å²) in [7, 11) is 1.54. The molecule has 0 saturated heterocycles. The second-order valence-corrected chi connectivity index (χ2v) is 3.78. The van der Waals surface area contributed by atoms with Crippen LogP contribution in [0.1, 0.15) is 24.2 Å². The van der Waals surface area contributed by atoms with E-state index in [1.165, 1.54) is 0 Å². The maximum absolute atomic E-state index is 11.5. The molecule has 0 aliphatic rings. The average Bonchev–Trinajstić information content (AvgIpc) is 2.28. The minimum absolute atomic E-state index is 0.318. The molecule has 4 heteroatoms. The molecule has 0 spiro atoms. The predicted molar refractivity (Wildman–Crippen MR) is 59.2 cm³/mol. The Hall–Kier alpha value is -1.55. The number of rotatable bonds is 5. The molecule has 0 amide bonds. The summed E-state index contributed by atoms with van der Waals surface area (Å²) in [5.74, 6) is 0.413. The monoisotopic (exact) mass is 224 g/mol. The zero-order valence-electron chi connectivity index (χ0n) is 9.73. The van der Waals surface area contributed by atoms with Crippen molar-refractivity contribution >= 4 is 5.97 Å². The molecule has 0 unspecified atom stereocenters. The third-order valence-electron chi connectivity index (χ3n) is 1.84. The standard InChI is InChI=1S/C12H16O4/c1-9(2)8-15-16-12(13)10-5-4-6-11(7-10)14-3/h4-7,9H,8H2,1-3H3. The number of hydrogen-bond donors (Lipinski definition) is 0. The van der Waals surface area contributed by atoms with Gasteiger partial charge in [-0.3, -0.25) is 4.89 Å². The van der Waals surface area contributed by atoms with Gasteiger partial charge in [-0.1, -0.05) is 19.9 Å². The molecule has 16 heavy (non-hydrogen) atoms. The van der Waals surface area contributed by atoms with Gasteiger partial charge in [0.15, 0.2) is 0 Å². The maximum Gasteiger partial charge on any atom is 0.373 e. The summed E-state index contributed by atoms with van der Waals surface area (Å²) < 4.78 is 5.00. The number of benzene rings is 1. The van der Waals surface area contributed by atoms with Crippen LogP contribution in [-0.2, 0) is 9.78 Å². The summed E-state index contributed by atoms with van der Waals surface area (Å²) in [6, 6.07) is 6.72. The van der Waals surface area contributed by atoms with Gasteiger partial charge in [-0.25, -0.2) is 4.79 Å². The van der Waals surface area contributed by atoms with Gasteiger partial charge in [0.05, 0.1) is 19.3 Å². The summed E-state index contributed by atoms with van der Waals surface area (Å²) in [4.78, 5) is 20.9. The highest BCUT2D eigenvalue weighted by atomic mass is 17.2. The Kier molecular flexibility index (Phi) is 4.79. The molecule has 0 atom stereocenters. The second-order valence-electron chi connectivity index (χ2n) is 3.78. The molecular weight excluding hydrogens is 208 g/mol. The number of ether oxygens (including phenoxy) is 1. The average molecular weight is 224 g/mol. The van der Waals surface area contributed by atoms with Crippen LogP contribution < -0.4 is 4.74 Å². The molecule has 0 radical (unpaired) electrons. The SMILES string of the molecule is COc1cccc(C(=O)OOCC(C)C)c1. The summed E-state index contributed by atoms with van der Waals surface area (Å²) in [5, 5.41) is 0. The van der Waals surface area contributed by atoms with Gasteiger partial charge in [0.25, 0.3) is 0 Å². The fourth-order valence-corrected chi connectivity index (χ4v) is 1.02. The van der Waals surface area contributed by atoms with Crippen LogP contribution in [0, 0.1) is 5.92 Å². The van der Waals surface area contributed by atoms with Crippen LogP contribution in [0.3, 0.4) is 0 Å². The third-order valence-corrected chi connectivity index (χ3v) is 1.84. The molecular formula is C12H16O4. The zero-order chi connectivity index (χ0) is 12.0. The Balaban J connectivity index is 2.52. The molecule has 1 rings (SSSR count). The van der Waals surface area contributed by atoms with Gasteiger partial charge >= 0.3 is 5.97 Å². The molecule has 4 nitrogen and oxygen atoms in total. The molecule has 1 aromatic rings. The van der Waals surface area contributed by atoms with Gasteiger partial charge in [0.1, 0.15) is 5.75 Å². The van der Waals surface area contributed by atoms with Crippen molar-refractivity contribution in [2.24, 2.45) is 5.92 Å². The molecule has 0 fully saturated rings. The van der Waals surface area contributed by atoms with Crippen molar-refractivity contribution < 1.29 is 19.3 Å². The fourth-order valence-electron chi connectivity index (χ4n) is 1.02. The van der Waals surface area contributed by atoms with E-state index in [1.54, 1.807) is 31.4 Å². The number of methoxy groups -OCH3 is 1. The van der Waals surface area contributed by atoms with Gasteiger partial charge < -0.3 is 4.74 Å². The van der Waals surface area contributed by atoms with Gasteiger partial charge in [0, 0.05) is 0 Å². The van der Waals surface area contributed by atoms with Crippen LogP contribution in [-0.4, -0.2) is 19.7 Å². The first-order valence-corrected chi connectivity index (χ1v) is 5.11. The number of carbonyl (C=O) groups excluding carboxylic acids is 1. The van der Waals surface area contributed by atoms with Crippen molar-refractivity contribution in [3.8, 4) is 5.75 Å². The van der Waals surface area contributed by atoms with Crippen LogP contribution in [0.5, 0.6) is 5.75 Å². The minimum Gasteiger partial charge on any atom is -0.497 e. The Morgan fingerprint density at radius 3 is 2.75 bits per heavy atom. The highest BCUT2D eigenvalue weighted by Gasteiger charge is 2.09. The lowest BCUT2D eigenvalue weighted by Gasteiger charge is -2.06. The topological polar surface area (TPSA) is 44.8 Å². The van der Waals surface area contributed by atoms with Gasteiger partial charge in [-0.2, -0.15) is 4.89 Å². The van der Waals surface area contributed by atoms with E-state index in [-0.39, 0.29) is 0 Å². The molecule has 0 N–H and O–H groups in total. The molecule has 0 heterocycles. The summed E-state index contributed by atoms with van der Waals surface area (Å²) in [6.45, 7) is 4.33. The number of carbonyl (C=O) groups is 1. The highest BCUT2D eigenvalue weighted by molar-refractivity contribution is 5.89. The van der Waals surface area contributed by atoms with Gasteiger partial charge in [-0.05, 0) is 24.1 Å². The minimum atomic E-state index is -0.514. The van der Waals surface area contributed by atoms with Gasteiger partial charge in [-0.15, -0.1) is 0 Å². The second kappa shape index (κ2) is 6.12. The van der Waals surface area contributed by atoms with E-state index in [0.717, 1.165) is 0 Å². The molecule has 0 aromatic heterocycles.